The van der Waals surface area contributed by atoms with E-state index in [9.17, 15) is 0 Å². The molecule has 1 fully saturated rings. The van der Waals surface area contributed by atoms with Crippen molar-refractivity contribution in [3.05, 3.63) is 44.7 Å². The summed E-state index contributed by atoms with van der Waals surface area (Å²) in [5, 5.41) is 4.36. The fourth-order valence-corrected chi connectivity index (χ4v) is 2.92. The number of thiophene rings is 1. The van der Waals surface area contributed by atoms with Crippen molar-refractivity contribution in [3.63, 3.8) is 0 Å². The van der Waals surface area contributed by atoms with E-state index in [1.165, 1.54) is 24.0 Å². The Morgan fingerprint density at radius 1 is 1.50 bits per heavy atom. The minimum atomic E-state index is 0.679. The van der Waals surface area contributed by atoms with Crippen molar-refractivity contribution in [2.45, 2.75) is 32.4 Å². The number of hydrogen-bond donors (Lipinski definition) is 0. The molecular formula is C14H15BrN2S. The first-order valence-corrected chi connectivity index (χ1v) is 7.87. The number of nitrogens with zero attached hydrogens (tertiary/aromatic N) is 2. The van der Waals surface area contributed by atoms with Gasteiger partial charge >= 0.3 is 0 Å². The summed E-state index contributed by atoms with van der Waals surface area (Å²) in [7, 11) is 0. The third-order valence-corrected chi connectivity index (χ3v) is 4.81. The fourth-order valence-electron chi connectivity index (χ4n) is 2.04. The summed E-state index contributed by atoms with van der Waals surface area (Å²) in [5.74, 6) is 1.10. The first-order chi connectivity index (χ1) is 8.74. The van der Waals surface area contributed by atoms with Crippen molar-refractivity contribution >= 4 is 33.1 Å². The number of anilines is 1. The van der Waals surface area contributed by atoms with E-state index in [2.05, 4.69) is 55.6 Å². The van der Waals surface area contributed by atoms with Crippen LogP contribution in [-0.2, 0) is 6.54 Å². The molecular weight excluding hydrogens is 308 g/mol. The van der Waals surface area contributed by atoms with Crippen molar-refractivity contribution in [1.82, 2.24) is 4.98 Å². The lowest BCUT2D eigenvalue weighted by Crippen LogP contribution is -2.25. The van der Waals surface area contributed by atoms with Gasteiger partial charge in [0, 0.05) is 23.3 Å². The van der Waals surface area contributed by atoms with Crippen LogP contribution in [0.4, 0.5) is 5.82 Å². The minimum Gasteiger partial charge on any atom is -0.349 e. The Hall–Kier alpha value is -0.870. The van der Waals surface area contributed by atoms with Gasteiger partial charge in [-0.25, -0.2) is 4.98 Å². The molecule has 1 aliphatic carbocycles. The summed E-state index contributed by atoms with van der Waals surface area (Å²) in [6.45, 7) is 3.09. The molecule has 1 aliphatic rings. The topological polar surface area (TPSA) is 16.1 Å². The zero-order chi connectivity index (χ0) is 12.5. The summed E-state index contributed by atoms with van der Waals surface area (Å²) in [5.41, 5.74) is 2.63. The molecule has 0 spiro atoms. The van der Waals surface area contributed by atoms with Crippen LogP contribution >= 0.6 is 27.3 Å². The summed E-state index contributed by atoms with van der Waals surface area (Å²) in [6, 6.07) is 5.05. The van der Waals surface area contributed by atoms with Crippen LogP contribution in [0.25, 0.3) is 0 Å². The Bertz CT molecular complexity index is 535. The van der Waals surface area contributed by atoms with E-state index >= 15 is 0 Å². The van der Waals surface area contributed by atoms with Gasteiger partial charge in [-0.3, -0.25) is 0 Å². The standard InChI is InChI=1S/C14H15BrN2S/c1-10-6-14(16-7-13(10)15)17(12-2-3-12)8-11-4-5-18-9-11/h4-7,9,12H,2-3,8H2,1H3. The highest BCUT2D eigenvalue weighted by molar-refractivity contribution is 9.10. The third kappa shape index (κ3) is 2.59. The molecule has 0 saturated heterocycles. The normalized spacial score (nSPS) is 14.8. The van der Waals surface area contributed by atoms with Crippen molar-refractivity contribution in [2.75, 3.05) is 4.90 Å². The molecule has 2 nitrogen and oxygen atoms in total. The van der Waals surface area contributed by atoms with Gasteiger partial charge in [0.25, 0.3) is 0 Å². The molecule has 18 heavy (non-hydrogen) atoms. The lowest BCUT2D eigenvalue weighted by atomic mass is 10.2. The molecule has 3 rings (SSSR count). The molecule has 0 atom stereocenters. The lowest BCUT2D eigenvalue weighted by Gasteiger charge is -2.23. The van der Waals surface area contributed by atoms with Gasteiger partial charge in [0.1, 0.15) is 5.82 Å². The molecule has 0 N–H and O–H groups in total. The summed E-state index contributed by atoms with van der Waals surface area (Å²) >= 11 is 5.27. The molecule has 0 aliphatic heterocycles. The zero-order valence-electron chi connectivity index (χ0n) is 10.3. The van der Waals surface area contributed by atoms with Crippen LogP contribution in [-0.4, -0.2) is 11.0 Å². The van der Waals surface area contributed by atoms with Gasteiger partial charge in [-0.2, -0.15) is 11.3 Å². The van der Waals surface area contributed by atoms with E-state index < -0.39 is 0 Å². The van der Waals surface area contributed by atoms with Crippen molar-refractivity contribution < 1.29 is 0 Å². The van der Waals surface area contributed by atoms with Crippen LogP contribution in [0.5, 0.6) is 0 Å². The SMILES string of the molecule is Cc1cc(N(Cc2ccsc2)C2CC2)ncc1Br. The molecule has 2 aromatic heterocycles. The smallest absolute Gasteiger partial charge is 0.129 e. The Morgan fingerprint density at radius 3 is 2.94 bits per heavy atom. The number of aromatic nitrogens is 1. The van der Waals surface area contributed by atoms with Gasteiger partial charge in [0.15, 0.2) is 0 Å². The maximum atomic E-state index is 4.56. The first kappa shape index (κ1) is 12.2. The number of aryl methyl sites for hydroxylation is 1. The van der Waals surface area contributed by atoms with E-state index in [0.717, 1.165) is 16.8 Å². The molecule has 2 heterocycles. The Kier molecular flexibility index (Phi) is 3.39. The van der Waals surface area contributed by atoms with Crippen LogP contribution in [0.2, 0.25) is 0 Å². The molecule has 0 unspecified atom stereocenters. The van der Waals surface area contributed by atoms with Crippen LogP contribution in [0.1, 0.15) is 24.0 Å². The lowest BCUT2D eigenvalue weighted by molar-refractivity contribution is 0.779. The van der Waals surface area contributed by atoms with Crippen molar-refractivity contribution in [2.24, 2.45) is 0 Å². The average Bonchev–Trinajstić information content (AvgIpc) is 3.07. The largest absolute Gasteiger partial charge is 0.349 e. The molecule has 94 valence electrons. The van der Waals surface area contributed by atoms with E-state index in [4.69, 9.17) is 0 Å². The maximum Gasteiger partial charge on any atom is 0.129 e. The van der Waals surface area contributed by atoms with Crippen molar-refractivity contribution in [1.29, 1.82) is 0 Å². The fraction of sp³-hybridized carbons (Fsp3) is 0.357. The van der Waals surface area contributed by atoms with Gasteiger partial charge in [-0.05, 0) is 69.7 Å². The Balaban J connectivity index is 1.86. The van der Waals surface area contributed by atoms with Gasteiger partial charge in [0.05, 0.1) is 0 Å². The summed E-state index contributed by atoms with van der Waals surface area (Å²) < 4.78 is 1.08. The molecule has 0 amide bonds. The highest BCUT2D eigenvalue weighted by Gasteiger charge is 2.30. The second-order valence-electron chi connectivity index (χ2n) is 4.78. The van der Waals surface area contributed by atoms with Gasteiger partial charge in [-0.15, -0.1) is 0 Å². The second kappa shape index (κ2) is 5.02. The molecule has 2 aromatic rings. The van der Waals surface area contributed by atoms with Crippen LogP contribution < -0.4 is 4.90 Å². The molecule has 4 heteroatoms. The summed E-state index contributed by atoms with van der Waals surface area (Å²) in [6.07, 6.45) is 4.50. The quantitative estimate of drug-likeness (QED) is 0.830. The van der Waals surface area contributed by atoms with Gasteiger partial charge < -0.3 is 4.90 Å². The average molecular weight is 323 g/mol. The third-order valence-electron chi connectivity index (χ3n) is 3.25. The predicted octanol–water partition coefficient (Wildman–Crippen LogP) is 4.38. The Morgan fingerprint density at radius 2 is 2.33 bits per heavy atom. The molecule has 0 bridgehead atoms. The van der Waals surface area contributed by atoms with Crippen LogP contribution in [0.3, 0.4) is 0 Å². The monoisotopic (exact) mass is 322 g/mol. The highest BCUT2D eigenvalue weighted by atomic mass is 79.9. The van der Waals surface area contributed by atoms with Crippen LogP contribution in [0.15, 0.2) is 33.6 Å². The maximum absolute atomic E-state index is 4.56. The van der Waals surface area contributed by atoms with E-state index in [1.807, 2.05) is 6.20 Å². The van der Waals surface area contributed by atoms with Gasteiger partial charge in [-0.1, -0.05) is 0 Å². The molecule has 0 radical (unpaired) electrons. The van der Waals surface area contributed by atoms with E-state index in [0.29, 0.717) is 6.04 Å². The highest BCUT2D eigenvalue weighted by Crippen LogP contribution is 2.33. The van der Waals surface area contributed by atoms with Gasteiger partial charge in [0.2, 0.25) is 0 Å². The summed E-state index contributed by atoms with van der Waals surface area (Å²) in [4.78, 5) is 7.00. The first-order valence-electron chi connectivity index (χ1n) is 6.14. The van der Waals surface area contributed by atoms with Crippen LogP contribution in [0, 0.1) is 6.92 Å². The predicted molar refractivity (Wildman–Crippen MR) is 80.2 cm³/mol. The number of rotatable bonds is 4. The zero-order valence-corrected chi connectivity index (χ0v) is 12.7. The molecule has 1 saturated carbocycles. The number of pyridine rings is 1. The van der Waals surface area contributed by atoms with Crippen molar-refractivity contribution in [3.8, 4) is 0 Å². The number of hydrogen-bond acceptors (Lipinski definition) is 3. The number of halogens is 1. The minimum absolute atomic E-state index is 0.679. The molecule has 0 aromatic carbocycles. The second-order valence-corrected chi connectivity index (χ2v) is 6.42. The Labute approximate surface area is 120 Å². The van der Waals surface area contributed by atoms with E-state index in [1.54, 1.807) is 11.3 Å². The van der Waals surface area contributed by atoms with E-state index in [-0.39, 0.29) is 0 Å².